The second kappa shape index (κ2) is 5.44. The molecule has 0 amide bonds. The van der Waals surface area contributed by atoms with Crippen LogP contribution < -0.4 is 5.32 Å². The summed E-state index contributed by atoms with van der Waals surface area (Å²) in [6, 6.07) is 2.34. The average Bonchev–Trinajstić information content (AvgIpc) is 2.24. The van der Waals surface area contributed by atoms with E-state index < -0.39 is 18.6 Å². The summed E-state index contributed by atoms with van der Waals surface area (Å²) in [6.45, 7) is 1.69. The number of alkyl halides is 5. The summed E-state index contributed by atoms with van der Waals surface area (Å²) in [4.78, 5) is 0. The molecular weight excluding hydrogens is 241 g/mol. The zero-order valence-corrected chi connectivity index (χ0v) is 9.06. The van der Waals surface area contributed by atoms with Crippen LogP contribution in [-0.2, 0) is 0 Å². The number of halogens is 5. The van der Waals surface area contributed by atoms with Gasteiger partial charge < -0.3 is 5.32 Å². The van der Waals surface area contributed by atoms with Gasteiger partial charge in [-0.25, -0.2) is 8.78 Å². The summed E-state index contributed by atoms with van der Waals surface area (Å²) in [5, 5.41) is 2.28. The van der Waals surface area contributed by atoms with Gasteiger partial charge in [-0.1, -0.05) is 31.2 Å². The van der Waals surface area contributed by atoms with Gasteiger partial charge in [0.25, 0.3) is 6.43 Å². The number of hydrogen-bond donors (Lipinski definition) is 1. The van der Waals surface area contributed by atoms with Crippen molar-refractivity contribution in [3.63, 3.8) is 0 Å². The van der Waals surface area contributed by atoms with Crippen molar-refractivity contribution in [1.29, 1.82) is 0 Å². The number of hydrogen-bond acceptors (Lipinski definition) is 1. The Morgan fingerprint density at radius 2 is 1.53 bits per heavy atom. The molecule has 1 unspecified atom stereocenters. The van der Waals surface area contributed by atoms with E-state index in [0.29, 0.717) is 0 Å². The predicted molar refractivity (Wildman–Crippen MR) is 53.9 cm³/mol. The largest absolute Gasteiger partial charge is 0.407 e. The minimum atomic E-state index is -4.44. The Labute approximate surface area is 95.6 Å². The first-order valence-electron chi connectivity index (χ1n) is 5.04. The van der Waals surface area contributed by atoms with Gasteiger partial charge in [-0.3, -0.25) is 0 Å². The summed E-state index contributed by atoms with van der Waals surface area (Å²) in [7, 11) is 0. The number of rotatable bonds is 4. The van der Waals surface area contributed by atoms with E-state index in [1.54, 1.807) is 6.92 Å². The van der Waals surface area contributed by atoms with Crippen molar-refractivity contribution in [2.45, 2.75) is 25.6 Å². The summed E-state index contributed by atoms with van der Waals surface area (Å²) >= 11 is 0. The Kier molecular flexibility index (Phi) is 4.45. The van der Waals surface area contributed by atoms with Crippen molar-refractivity contribution in [1.82, 2.24) is 5.32 Å². The normalized spacial score (nSPS) is 14.1. The fourth-order valence-electron chi connectivity index (χ4n) is 1.46. The second-order valence-corrected chi connectivity index (χ2v) is 3.50. The van der Waals surface area contributed by atoms with E-state index in [0.717, 1.165) is 24.3 Å². The lowest BCUT2D eigenvalue weighted by atomic mass is 10.0. The highest BCUT2D eigenvalue weighted by Gasteiger charge is 2.40. The lowest BCUT2D eigenvalue weighted by molar-refractivity contribution is -0.157. The first kappa shape index (κ1) is 13.9. The molecule has 17 heavy (non-hydrogen) atoms. The molecule has 0 heterocycles. The molecule has 0 saturated heterocycles. The molecule has 0 aliphatic rings. The van der Waals surface area contributed by atoms with Gasteiger partial charge in [0.05, 0.1) is 0 Å². The minimum absolute atomic E-state index is 0.0660. The summed E-state index contributed by atoms with van der Waals surface area (Å²) in [5.74, 6) is 0. The zero-order valence-electron chi connectivity index (χ0n) is 9.06. The standard InChI is InChI=1S/C11H12F5N/c1-2-17-9(11(14,15)16)7-3-5-8(6-4-7)10(12)13/h3-6,9-10,17H,2H2,1H3. The molecule has 96 valence electrons. The predicted octanol–water partition coefficient (Wildman–Crippen LogP) is 3.84. The van der Waals surface area contributed by atoms with E-state index in [4.69, 9.17) is 0 Å². The monoisotopic (exact) mass is 253 g/mol. The SMILES string of the molecule is CCNC(c1ccc(C(F)F)cc1)C(F)(F)F. The Morgan fingerprint density at radius 3 is 1.88 bits per heavy atom. The van der Waals surface area contributed by atoms with Gasteiger partial charge in [-0.05, 0) is 12.1 Å². The van der Waals surface area contributed by atoms with E-state index in [1.807, 2.05) is 0 Å². The molecule has 0 fully saturated rings. The van der Waals surface area contributed by atoms with Crippen LogP contribution in [0.4, 0.5) is 22.0 Å². The molecule has 1 atom stereocenters. The zero-order chi connectivity index (χ0) is 13.1. The Hall–Kier alpha value is -1.17. The Bertz CT molecular complexity index is 344. The molecule has 1 aromatic carbocycles. The first-order chi connectivity index (χ1) is 7.86. The summed E-state index contributed by atoms with van der Waals surface area (Å²) < 4.78 is 62.4. The fourth-order valence-corrected chi connectivity index (χ4v) is 1.46. The maximum absolute atomic E-state index is 12.6. The molecule has 0 spiro atoms. The summed E-state index contributed by atoms with van der Waals surface area (Å²) in [6.07, 6.45) is -7.12. The van der Waals surface area contributed by atoms with Gasteiger partial charge >= 0.3 is 6.18 Å². The van der Waals surface area contributed by atoms with Crippen molar-refractivity contribution in [2.24, 2.45) is 0 Å². The molecule has 0 bridgehead atoms. The van der Waals surface area contributed by atoms with E-state index in [-0.39, 0.29) is 17.7 Å². The Morgan fingerprint density at radius 1 is 1.06 bits per heavy atom. The van der Waals surface area contributed by atoms with E-state index in [2.05, 4.69) is 5.32 Å². The average molecular weight is 253 g/mol. The van der Waals surface area contributed by atoms with Crippen LogP contribution in [0.25, 0.3) is 0 Å². The van der Waals surface area contributed by atoms with Gasteiger partial charge in [-0.2, -0.15) is 13.2 Å². The fraction of sp³-hybridized carbons (Fsp3) is 0.455. The minimum Gasteiger partial charge on any atom is -0.303 e. The molecule has 0 aliphatic heterocycles. The molecule has 1 aromatic rings. The van der Waals surface area contributed by atoms with Gasteiger partial charge in [0.15, 0.2) is 0 Å². The molecule has 0 aliphatic carbocycles. The van der Waals surface area contributed by atoms with Crippen molar-refractivity contribution < 1.29 is 22.0 Å². The summed E-state index contributed by atoms with van der Waals surface area (Å²) in [5.41, 5.74) is -0.352. The van der Waals surface area contributed by atoms with Crippen LogP contribution in [0, 0.1) is 0 Å². The molecule has 0 saturated carbocycles. The lowest BCUT2D eigenvalue weighted by Crippen LogP contribution is -2.33. The van der Waals surface area contributed by atoms with Crippen molar-refractivity contribution in [3.05, 3.63) is 35.4 Å². The molecule has 1 N–H and O–H groups in total. The molecule has 6 heteroatoms. The maximum atomic E-state index is 12.6. The van der Waals surface area contributed by atoms with Crippen molar-refractivity contribution in [2.75, 3.05) is 6.54 Å². The van der Waals surface area contributed by atoms with Crippen LogP contribution in [0.1, 0.15) is 30.5 Å². The van der Waals surface area contributed by atoms with Gasteiger partial charge in [0.2, 0.25) is 0 Å². The van der Waals surface area contributed by atoms with Crippen molar-refractivity contribution >= 4 is 0 Å². The van der Waals surface area contributed by atoms with Gasteiger partial charge in [0.1, 0.15) is 6.04 Å². The highest BCUT2D eigenvalue weighted by Crippen LogP contribution is 2.33. The second-order valence-electron chi connectivity index (χ2n) is 3.50. The quantitative estimate of drug-likeness (QED) is 0.804. The highest BCUT2D eigenvalue weighted by atomic mass is 19.4. The van der Waals surface area contributed by atoms with Crippen LogP contribution in [-0.4, -0.2) is 12.7 Å². The van der Waals surface area contributed by atoms with E-state index in [1.165, 1.54) is 0 Å². The molecule has 1 nitrogen and oxygen atoms in total. The molecule has 0 radical (unpaired) electrons. The highest BCUT2D eigenvalue weighted by molar-refractivity contribution is 5.26. The molecule has 0 aromatic heterocycles. The third kappa shape index (κ3) is 3.66. The maximum Gasteiger partial charge on any atom is 0.407 e. The number of nitrogens with one attached hydrogen (secondary N) is 1. The van der Waals surface area contributed by atoms with Gasteiger partial charge in [0, 0.05) is 5.56 Å². The van der Waals surface area contributed by atoms with Crippen LogP contribution in [0.3, 0.4) is 0 Å². The molecular formula is C11H12F5N. The third-order valence-corrected chi connectivity index (χ3v) is 2.26. The smallest absolute Gasteiger partial charge is 0.303 e. The topological polar surface area (TPSA) is 12.0 Å². The number of benzene rings is 1. The van der Waals surface area contributed by atoms with Crippen molar-refractivity contribution in [3.8, 4) is 0 Å². The van der Waals surface area contributed by atoms with Crippen LogP contribution >= 0.6 is 0 Å². The van der Waals surface area contributed by atoms with Crippen LogP contribution in [0.5, 0.6) is 0 Å². The molecule has 1 rings (SSSR count). The first-order valence-corrected chi connectivity index (χ1v) is 5.04. The van der Waals surface area contributed by atoms with Crippen LogP contribution in [0.15, 0.2) is 24.3 Å². The van der Waals surface area contributed by atoms with E-state index in [9.17, 15) is 22.0 Å². The lowest BCUT2D eigenvalue weighted by Gasteiger charge is -2.21. The van der Waals surface area contributed by atoms with Gasteiger partial charge in [-0.15, -0.1) is 0 Å². The van der Waals surface area contributed by atoms with Crippen LogP contribution in [0.2, 0.25) is 0 Å². The third-order valence-electron chi connectivity index (χ3n) is 2.26. The van der Waals surface area contributed by atoms with E-state index >= 15 is 0 Å². The Balaban J connectivity index is 2.95.